The maximum atomic E-state index is 11.6. The van der Waals surface area contributed by atoms with E-state index in [-0.39, 0.29) is 11.7 Å². The molecule has 0 atom stereocenters. The van der Waals surface area contributed by atoms with Crippen molar-refractivity contribution in [2.45, 2.75) is 6.43 Å². The molecular weight excluding hydrogens is 166 g/mol. The fourth-order valence-corrected chi connectivity index (χ4v) is 0.660. The Hall–Kier alpha value is -1.39. The molecule has 12 heavy (non-hydrogen) atoms. The summed E-state index contributed by atoms with van der Waals surface area (Å²) in [5.41, 5.74) is 5.29. The summed E-state index contributed by atoms with van der Waals surface area (Å²) in [6.45, 7) is -0.656. The molecule has 66 valence electrons. The highest BCUT2D eigenvalue weighted by Crippen LogP contribution is 2.09. The fourth-order valence-electron chi connectivity index (χ4n) is 0.660. The van der Waals surface area contributed by atoms with Crippen LogP contribution in [0.2, 0.25) is 0 Å². The third kappa shape index (κ3) is 2.69. The minimum atomic E-state index is -2.49. The maximum Gasteiger partial charge on any atom is 0.272 e. The molecule has 0 aliphatic rings. The normalized spacial score (nSPS) is 10.2. The Labute approximate surface area is 68.2 Å². The Morgan fingerprint density at radius 2 is 2.25 bits per heavy atom. The van der Waals surface area contributed by atoms with Crippen LogP contribution >= 0.6 is 0 Å². The number of hydrogen-bond acceptors (Lipinski definition) is 3. The van der Waals surface area contributed by atoms with Crippen molar-refractivity contribution in [2.24, 2.45) is 0 Å². The Morgan fingerprint density at radius 3 is 2.83 bits per heavy atom. The summed E-state index contributed by atoms with van der Waals surface area (Å²) >= 11 is 0. The van der Waals surface area contributed by atoms with Gasteiger partial charge in [-0.15, -0.1) is 0 Å². The lowest BCUT2D eigenvalue weighted by Gasteiger charge is -2.03. The van der Waals surface area contributed by atoms with E-state index >= 15 is 0 Å². The second-order valence-electron chi connectivity index (χ2n) is 2.10. The lowest BCUT2D eigenvalue weighted by atomic mass is 10.4. The van der Waals surface area contributed by atoms with Crippen LogP contribution in [-0.2, 0) is 0 Å². The van der Waals surface area contributed by atoms with Gasteiger partial charge in [0.1, 0.15) is 5.82 Å². The van der Waals surface area contributed by atoms with Crippen LogP contribution in [0.15, 0.2) is 18.2 Å². The number of nitrogen functional groups attached to an aromatic ring is 1. The summed E-state index contributed by atoms with van der Waals surface area (Å²) in [5, 5.41) is 0. The number of anilines is 1. The maximum absolute atomic E-state index is 11.6. The Morgan fingerprint density at radius 1 is 1.50 bits per heavy atom. The molecule has 0 fully saturated rings. The predicted octanol–water partition coefficient (Wildman–Crippen LogP) is 1.31. The van der Waals surface area contributed by atoms with Gasteiger partial charge in [-0.2, -0.15) is 4.98 Å². The summed E-state index contributed by atoms with van der Waals surface area (Å²) in [7, 11) is 0. The van der Waals surface area contributed by atoms with Crippen LogP contribution in [0.5, 0.6) is 5.88 Å². The minimum absolute atomic E-state index is 0.121. The van der Waals surface area contributed by atoms with Gasteiger partial charge >= 0.3 is 0 Å². The number of rotatable bonds is 3. The molecule has 1 aromatic heterocycles. The largest absolute Gasteiger partial charge is 0.472 e. The molecule has 0 spiro atoms. The molecule has 0 aliphatic carbocycles. The molecule has 0 unspecified atom stereocenters. The average molecular weight is 174 g/mol. The highest BCUT2D eigenvalue weighted by Gasteiger charge is 2.03. The summed E-state index contributed by atoms with van der Waals surface area (Å²) < 4.78 is 27.9. The van der Waals surface area contributed by atoms with Crippen molar-refractivity contribution in [1.29, 1.82) is 0 Å². The van der Waals surface area contributed by atoms with E-state index in [4.69, 9.17) is 5.73 Å². The second kappa shape index (κ2) is 3.85. The van der Waals surface area contributed by atoms with Gasteiger partial charge in [-0.1, -0.05) is 6.07 Å². The average Bonchev–Trinajstić information content (AvgIpc) is 2.01. The predicted molar refractivity (Wildman–Crippen MR) is 40.1 cm³/mol. The topological polar surface area (TPSA) is 48.1 Å². The molecule has 2 N–H and O–H groups in total. The van der Waals surface area contributed by atoms with Gasteiger partial charge in [0.2, 0.25) is 5.88 Å². The van der Waals surface area contributed by atoms with Crippen LogP contribution < -0.4 is 10.5 Å². The van der Waals surface area contributed by atoms with Crippen molar-refractivity contribution < 1.29 is 13.5 Å². The molecule has 0 radical (unpaired) electrons. The molecule has 3 nitrogen and oxygen atoms in total. The van der Waals surface area contributed by atoms with Gasteiger partial charge in [-0.05, 0) is 6.07 Å². The number of nitrogens with zero attached hydrogens (tertiary/aromatic N) is 1. The third-order valence-corrected chi connectivity index (χ3v) is 1.10. The van der Waals surface area contributed by atoms with Crippen LogP contribution in [-0.4, -0.2) is 18.0 Å². The second-order valence-corrected chi connectivity index (χ2v) is 2.10. The van der Waals surface area contributed by atoms with Crippen molar-refractivity contribution >= 4 is 5.82 Å². The van der Waals surface area contributed by atoms with Crippen molar-refractivity contribution in [1.82, 2.24) is 4.98 Å². The molecule has 5 heteroatoms. The van der Waals surface area contributed by atoms with Crippen LogP contribution in [0.25, 0.3) is 0 Å². The molecule has 0 saturated heterocycles. The highest BCUT2D eigenvalue weighted by molar-refractivity contribution is 5.30. The van der Waals surface area contributed by atoms with Crippen LogP contribution in [0, 0.1) is 0 Å². The summed E-state index contributed by atoms with van der Waals surface area (Å²) in [4.78, 5) is 3.67. The number of ether oxygens (including phenoxy) is 1. The van der Waals surface area contributed by atoms with Crippen molar-refractivity contribution in [3.05, 3.63) is 18.2 Å². The van der Waals surface area contributed by atoms with Gasteiger partial charge in [0.05, 0.1) is 0 Å². The molecule has 0 amide bonds. The molecule has 0 aliphatic heterocycles. The fraction of sp³-hybridized carbons (Fsp3) is 0.286. The van der Waals surface area contributed by atoms with E-state index in [0.29, 0.717) is 0 Å². The number of pyridine rings is 1. The highest BCUT2D eigenvalue weighted by atomic mass is 19.3. The monoisotopic (exact) mass is 174 g/mol. The van der Waals surface area contributed by atoms with Gasteiger partial charge in [0, 0.05) is 6.07 Å². The van der Waals surface area contributed by atoms with E-state index in [0.717, 1.165) is 0 Å². The van der Waals surface area contributed by atoms with E-state index in [1.165, 1.54) is 6.07 Å². The third-order valence-electron chi connectivity index (χ3n) is 1.10. The van der Waals surface area contributed by atoms with Crippen molar-refractivity contribution in [3.8, 4) is 5.88 Å². The van der Waals surface area contributed by atoms with Gasteiger partial charge in [0.15, 0.2) is 6.61 Å². The first-order valence-corrected chi connectivity index (χ1v) is 3.32. The van der Waals surface area contributed by atoms with Gasteiger partial charge in [-0.3, -0.25) is 0 Å². The standard InChI is InChI=1S/C7H8F2N2O/c8-5(9)4-12-7-3-1-2-6(10)11-7/h1-3,5H,4H2,(H2,10,11). The molecular formula is C7H8F2N2O. The number of hydrogen-bond donors (Lipinski definition) is 1. The Balaban J connectivity index is 2.52. The zero-order valence-corrected chi connectivity index (χ0v) is 6.21. The lowest BCUT2D eigenvalue weighted by molar-refractivity contribution is 0.0797. The van der Waals surface area contributed by atoms with Gasteiger partial charge in [0.25, 0.3) is 6.43 Å². The number of nitrogens with two attached hydrogens (primary N) is 1. The summed E-state index contributed by atoms with van der Waals surface area (Å²) in [5.74, 6) is 0.372. The number of alkyl halides is 2. The molecule has 1 aromatic rings. The van der Waals surface area contributed by atoms with Crippen LogP contribution in [0.3, 0.4) is 0 Å². The molecule has 0 saturated carbocycles. The van der Waals surface area contributed by atoms with Gasteiger partial charge < -0.3 is 10.5 Å². The van der Waals surface area contributed by atoms with Crippen LogP contribution in [0.4, 0.5) is 14.6 Å². The first kappa shape index (κ1) is 8.70. The van der Waals surface area contributed by atoms with E-state index < -0.39 is 13.0 Å². The first-order chi connectivity index (χ1) is 5.68. The first-order valence-electron chi connectivity index (χ1n) is 3.32. The summed E-state index contributed by atoms with van der Waals surface area (Å²) in [6.07, 6.45) is -2.49. The van der Waals surface area contributed by atoms with E-state index in [1.807, 2.05) is 0 Å². The van der Waals surface area contributed by atoms with E-state index in [9.17, 15) is 8.78 Å². The SMILES string of the molecule is Nc1cccc(OCC(F)F)n1. The molecule has 0 aromatic carbocycles. The minimum Gasteiger partial charge on any atom is -0.472 e. The smallest absolute Gasteiger partial charge is 0.272 e. The molecule has 1 heterocycles. The number of halogens is 2. The van der Waals surface area contributed by atoms with E-state index in [2.05, 4.69) is 9.72 Å². The quantitative estimate of drug-likeness (QED) is 0.751. The molecule has 0 bridgehead atoms. The van der Waals surface area contributed by atoms with Crippen molar-refractivity contribution in [2.75, 3.05) is 12.3 Å². The zero-order valence-electron chi connectivity index (χ0n) is 6.21. The lowest BCUT2D eigenvalue weighted by Crippen LogP contribution is -2.08. The van der Waals surface area contributed by atoms with Crippen molar-refractivity contribution in [3.63, 3.8) is 0 Å². The van der Waals surface area contributed by atoms with Gasteiger partial charge in [-0.25, -0.2) is 8.78 Å². The number of aromatic nitrogens is 1. The zero-order chi connectivity index (χ0) is 8.97. The Bertz CT molecular complexity index is 255. The Kier molecular flexibility index (Phi) is 2.79. The van der Waals surface area contributed by atoms with E-state index in [1.54, 1.807) is 12.1 Å². The molecule has 1 rings (SSSR count). The van der Waals surface area contributed by atoms with Crippen LogP contribution in [0.1, 0.15) is 0 Å². The summed E-state index contributed by atoms with van der Waals surface area (Å²) in [6, 6.07) is 4.61.